The fourth-order valence-corrected chi connectivity index (χ4v) is 3.54. The summed E-state index contributed by atoms with van der Waals surface area (Å²) < 4.78 is 0. The SMILES string of the molecule is O=C(NC[C@@H]1CCCCN1c1ccccc1)c1cccc(Cl)c1Cl. The maximum Gasteiger partial charge on any atom is 0.252 e. The number of hydrogen-bond acceptors (Lipinski definition) is 2. The quantitative estimate of drug-likeness (QED) is 0.848. The van der Waals surface area contributed by atoms with Crippen molar-refractivity contribution in [1.29, 1.82) is 0 Å². The van der Waals surface area contributed by atoms with Crippen molar-refractivity contribution in [3.05, 3.63) is 64.1 Å². The summed E-state index contributed by atoms with van der Waals surface area (Å²) >= 11 is 12.1. The van der Waals surface area contributed by atoms with Gasteiger partial charge in [-0.3, -0.25) is 4.79 Å². The molecule has 0 spiro atoms. The van der Waals surface area contributed by atoms with Crippen LogP contribution in [0.25, 0.3) is 0 Å². The van der Waals surface area contributed by atoms with Crippen molar-refractivity contribution < 1.29 is 4.79 Å². The van der Waals surface area contributed by atoms with Crippen LogP contribution < -0.4 is 10.2 Å². The summed E-state index contributed by atoms with van der Waals surface area (Å²) in [5.74, 6) is -0.180. The molecule has 1 aliphatic rings. The first-order valence-corrected chi connectivity index (χ1v) is 8.96. The lowest BCUT2D eigenvalue weighted by molar-refractivity contribution is 0.0950. The van der Waals surface area contributed by atoms with Crippen molar-refractivity contribution in [3.63, 3.8) is 0 Å². The van der Waals surface area contributed by atoms with Crippen LogP contribution in [-0.4, -0.2) is 25.0 Å². The first-order chi connectivity index (χ1) is 11.7. The zero-order valence-electron chi connectivity index (χ0n) is 13.3. The van der Waals surface area contributed by atoms with Gasteiger partial charge in [0.15, 0.2) is 0 Å². The number of anilines is 1. The summed E-state index contributed by atoms with van der Waals surface area (Å²) in [5, 5.41) is 3.71. The van der Waals surface area contributed by atoms with Gasteiger partial charge < -0.3 is 10.2 Å². The maximum atomic E-state index is 12.4. The molecule has 0 bridgehead atoms. The minimum absolute atomic E-state index is 0.180. The second-order valence-corrected chi connectivity index (χ2v) is 6.78. The van der Waals surface area contributed by atoms with Crippen molar-refractivity contribution in [1.82, 2.24) is 5.32 Å². The Balaban J connectivity index is 1.68. The van der Waals surface area contributed by atoms with Gasteiger partial charge >= 0.3 is 0 Å². The van der Waals surface area contributed by atoms with Crippen LogP contribution in [0.3, 0.4) is 0 Å². The molecule has 1 N–H and O–H groups in total. The zero-order valence-corrected chi connectivity index (χ0v) is 14.9. The molecule has 0 unspecified atom stereocenters. The third kappa shape index (κ3) is 3.85. The van der Waals surface area contributed by atoms with Crippen molar-refractivity contribution in [3.8, 4) is 0 Å². The topological polar surface area (TPSA) is 32.3 Å². The molecule has 1 aliphatic heterocycles. The molecule has 0 saturated carbocycles. The van der Waals surface area contributed by atoms with Gasteiger partial charge in [0.05, 0.1) is 15.6 Å². The van der Waals surface area contributed by atoms with Crippen LogP contribution in [0.4, 0.5) is 5.69 Å². The van der Waals surface area contributed by atoms with Gasteiger partial charge in [-0.1, -0.05) is 47.5 Å². The van der Waals surface area contributed by atoms with Crippen molar-refractivity contribution in [2.45, 2.75) is 25.3 Å². The average Bonchev–Trinajstić information content (AvgIpc) is 2.63. The minimum atomic E-state index is -0.180. The molecule has 24 heavy (non-hydrogen) atoms. The number of hydrogen-bond donors (Lipinski definition) is 1. The predicted molar refractivity (Wildman–Crippen MR) is 100 cm³/mol. The van der Waals surface area contributed by atoms with E-state index in [0.29, 0.717) is 28.2 Å². The molecule has 3 rings (SSSR count). The number of carbonyl (C=O) groups is 1. The molecule has 5 heteroatoms. The van der Waals surface area contributed by atoms with E-state index in [0.717, 1.165) is 13.0 Å². The summed E-state index contributed by atoms with van der Waals surface area (Å²) in [6, 6.07) is 15.8. The van der Waals surface area contributed by atoms with Crippen LogP contribution in [-0.2, 0) is 0 Å². The highest BCUT2D eigenvalue weighted by Gasteiger charge is 2.23. The smallest absolute Gasteiger partial charge is 0.252 e. The fraction of sp³-hybridized carbons (Fsp3) is 0.316. The lowest BCUT2D eigenvalue weighted by Crippen LogP contribution is -2.46. The highest BCUT2D eigenvalue weighted by Crippen LogP contribution is 2.26. The molecule has 1 saturated heterocycles. The summed E-state index contributed by atoms with van der Waals surface area (Å²) in [6.45, 7) is 1.61. The van der Waals surface area contributed by atoms with Gasteiger partial charge in [0.2, 0.25) is 0 Å². The molecule has 2 aromatic rings. The number of rotatable bonds is 4. The van der Waals surface area contributed by atoms with E-state index in [9.17, 15) is 4.79 Å². The number of nitrogens with zero attached hydrogens (tertiary/aromatic N) is 1. The van der Waals surface area contributed by atoms with Gasteiger partial charge in [-0.05, 0) is 43.5 Å². The molecule has 0 aromatic heterocycles. The fourth-order valence-electron chi connectivity index (χ4n) is 3.16. The molecule has 0 aliphatic carbocycles. The van der Waals surface area contributed by atoms with Crippen molar-refractivity contribution in [2.75, 3.05) is 18.0 Å². The maximum absolute atomic E-state index is 12.4. The van der Waals surface area contributed by atoms with Gasteiger partial charge in [-0.15, -0.1) is 0 Å². The number of carbonyl (C=O) groups excluding carboxylic acids is 1. The number of benzene rings is 2. The predicted octanol–water partition coefficient (Wildman–Crippen LogP) is 4.78. The molecule has 1 amide bonds. The van der Waals surface area contributed by atoms with E-state index in [-0.39, 0.29) is 5.91 Å². The Hall–Kier alpha value is -1.71. The average molecular weight is 363 g/mol. The third-order valence-electron chi connectivity index (χ3n) is 4.41. The van der Waals surface area contributed by atoms with E-state index < -0.39 is 0 Å². The molecule has 1 fully saturated rings. The molecular formula is C19H20Cl2N2O. The van der Waals surface area contributed by atoms with Crippen molar-refractivity contribution >= 4 is 34.8 Å². The van der Waals surface area contributed by atoms with E-state index >= 15 is 0 Å². The van der Waals surface area contributed by atoms with Crippen LogP contribution in [0.15, 0.2) is 48.5 Å². The summed E-state index contributed by atoms with van der Waals surface area (Å²) in [7, 11) is 0. The van der Waals surface area contributed by atoms with Gasteiger partial charge in [0.1, 0.15) is 0 Å². The number of amides is 1. The second kappa shape index (κ2) is 7.91. The monoisotopic (exact) mass is 362 g/mol. The largest absolute Gasteiger partial charge is 0.367 e. The van der Waals surface area contributed by atoms with E-state index in [1.54, 1.807) is 18.2 Å². The van der Waals surface area contributed by atoms with Crippen LogP contribution in [0.5, 0.6) is 0 Å². The Labute approximate surface area is 152 Å². The normalized spacial score (nSPS) is 17.6. The third-order valence-corrected chi connectivity index (χ3v) is 5.23. The summed E-state index contributed by atoms with van der Waals surface area (Å²) in [5.41, 5.74) is 1.63. The first-order valence-electron chi connectivity index (χ1n) is 8.20. The van der Waals surface area contributed by atoms with Crippen LogP contribution in [0.2, 0.25) is 10.0 Å². The Morgan fingerprint density at radius 3 is 2.67 bits per heavy atom. The number of nitrogens with one attached hydrogen (secondary N) is 1. The molecule has 0 radical (unpaired) electrons. The molecule has 1 atom stereocenters. The standard InChI is InChI=1S/C19H20Cl2N2O/c20-17-11-6-10-16(18(17)21)19(24)22-13-15-9-4-5-12-23(15)14-7-2-1-3-8-14/h1-3,6-8,10-11,15H,4-5,9,12-13H2,(H,22,24)/t15-/m0/s1. The van der Waals surface area contributed by atoms with E-state index in [4.69, 9.17) is 23.2 Å². The molecule has 2 aromatic carbocycles. The Morgan fingerprint density at radius 1 is 1.08 bits per heavy atom. The first kappa shape index (κ1) is 17.1. The Morgan fingerprint density at radius 2 is 1.88 bits per heavy atom. The second-order valence-electron chi connectivity index (χ2n) is 5.99. The van der Waals surface area contributed by atoms with Crippen LogP contribution in [0, 0.1) is 0 Å². The molecule has 1 heterocycles. The summed E-state index contributed by atoms with van der Waals surface area (Å²) in [4.78, 5) is 14.8. The Bertz CT molecular complexity index is 706. The number of piperidine rings is 1. The van der Waals surface area contributed by atoms with Gasteiger partial charge in [-0.2, -0.15) is 0 Å². The molecular weight excluding hydrogens is 343 g/mol. The number of para-hydroxylation sites is 1. The van der Waals surface area contributed by atoms with E-state index in [1.807, 2.05) is 18.2 Å². The van der Waals surface area contributed by atoms with E-state index in [2.05, 4.69) is 22.3 Å². The molecule has 3 nitrogen and oxygen atoms in total. The van der Waals surface area contributed by atoms with Gasteiger partial charge in [0, 0.05) is 24.8 Å². The van der Waals surface area contributed by atoms with E-state index in [1.165, 1.54) is 18.5 Å². The number of halogens is 2. The van der Waals surface area contributed by atoms with Crippen LogP contribution in [0.1, 0.15) is 29.6 Å². The lowest BCUT2D eigenvalue weighted by Gasteiger charge is -2.37. The van der Waals surface area contributed by atoms with Gasteiger partial charge in [0.25, 0.3) is 5.91 Å². The van der Waals surface area contributed by atoms with Crippen molar-refractivity contribution in [2.24, 2.45) is 0 Å². The highest BCUT2D eigenvalue weighted by atomic mass is 35.5. The van der Waals surface area contributed by atoms with Crippen LogP contribution >= 0.6 is 23.2 Å². The Kier molecular flexibility index (Phi) is 5.64. The van der Waals surface area contributed by atoms with Gasteiger partial charge in [-0.25, -0.2) is 0 Å². The molecule has 126 valence electrons. The zero-order chi connectivity index (χ0) is 16.9. The lowest BCUT2D eigenvalue weighted by atomic mass is 10.0. The minimum Gasteiger partial charge on any atom is -0.367 e. The summed E-state index contributed by atoms with van der Waals surface area (Å²) in [6.07, 6.45) is 3.43. The highest BCUT2D eigenvalue weighted by molar-refractivity contribution is 6.43.